The van der Waals surface area contributed by atoms with Crippen molar-refractivity contribution in [3.8, 4) is 0 Å². The summed E-state index contributed by atoms with van der Waals surface area (Å²) in [6.07, 6.45) is 0. The fourth-order valence-electron chi connectivity index (χ4n) is 1.82. The van der Waals surface area contributed by atoms with Gasteiger partial charge in [0.25, 0.3) is 0 Å². The molecule has 1 N–H and O–H groups in total. The van der Waals surface area contributed by atoms with Crippen molar-refractivity contribution in [1.82, 2.24) is 9.71 Å². The molecule has 0 bridgehead atoms. The van der Waals surface area contributed by atoms with Crippen molar-refractivity contribution in [3.05, 3.63) is 64.1 Å². The lowest BCUT2D eigenvalue weighted by atomic mass is 10.0. The van der Waals surface area contributed by atoms with Gasteiger partial charge in [-0.2, -0.15) is 4.39 Å². The second kappa shape index (κ2) is 6.98. The van der Waals surface area contributed by atoms with E-state index in [-0.39, 0.29) is 0 Å². The molecule has 22 heavy (non-hydrogen) atoms. The summed E-state index contributed by atoms with van der Waals surface area (Å²) < 4.78 is 29.1. The molecule has 0 fully saturated rings. The summed E-state index contributed by atoms with van der Waals surface area (Å²) in [6.45, 7) is 5.65. The lowest BCUT2D eigenvalue weighted by Gasteiger charge is -2.24. The van der Waals surface area contributed by atoms with Crippen LogP contribution in [-0.4, -0.2) is 13.9 Å². The van der Waals surface area contributed by atoms with Crippen LogP contribution < -0.4 is 4.72 Å². The van der Waals surface area contributed by atoms with E-state index in [1.165, 1.54) is 0 Å². The Bertz CT molecular complexity index is 674. The molecule has 0 aliphatic heterocycles. The number of rotatable bonds is 4. The van der Waals surface area contributed by atoms with Crippen LogP contribution in [0.1, 0.15) is 38.1 Å². The smallest absolute Gasteiger partial charge is 0.227 e. The van der Waals surface area contributed by atoms with Crippen LogP contribution in [-0.2, 0) is 11.0 Å². The van der Waals surface area contributed by atoms with E-state index in [4.69, 9.17) is 0 Å². The van der Waals surface area contributed by atoms with Crippen LogP contribution >= 0.6 is 15.9 Å². The molecule has 1 heterocycles. The number of halogens is 2. The SMILES string of the molecule is CC(C)(C)[S@](=O)N[C@@H](c1ccccc1)c1ccc(Br)c(F)n1. The standard InChI is InChI=1S/C16H18BrFN2OS/c1-16(2,3)22(21)20-14(11-7-5-4-6-8-11)13-10-9-12(17)15(18)19-13/h4-10,14,20H,1-3H3/t14-,22-/m0/s1. The fraction of sp³-hybridized carbons (Fsp3) is 0.312. The van der Waals surface area contributed by atoms with Crippen molar-refractivity contribution in [1.29, 1.82) is 0 Å². The average Bonchev–Trinajstić information content (AvgIpc) is 2.47. The van der Waals surface area contributed by atoms with Crippen LogP contribution in [0.15, 0.2) is 46.9 Å². The van der Waals surface area contributed by atoms with Gasteiger partial charge in [0, 0.05) is 0 Å². The van der Waals surface area contributed by atoms with Gasteiger partial charge in [-0.3, -0.25) is 0 Å². The summed E-state index contributed by atoms with van der Waals surface area (Å²) in [4.78, 5) is 3.97. The topological polar surface area (TPSA) is 42.0 Å². The molecule has 0 saturated heterocycles. The molecule has 2 atom stereocenters. The largest absolute Gasteiger partial charge is 0.242 e. The van der Waals surface area contributed by atoms with Crippen molar-refractivity contribution in [2.75, 3.05) is 0 Å². The van der Waals surface area contributed by atoms with E-state index in [2.05, 4.69) is 25.6 Å². The normalized spacial score (nSPS) is 14.6. The molecular weight excluding hydrogens is 367 g/mol. The van der Waals surface area contributed by atoms with Gasteiger partial charge in [-0.25, -0.2) is 13.9 Å². The van der Waals surface area contributed by atoms with Gasteiger partial charge in [0.05, 0.1) is 31.9 Å². The molecule has 0 radical (unpaired) electrons. The first-order valence-electron chi connectivity index (χ1n) is 6.84. The molecule has 0 aliphatic rings. The zero-order valence-corrected chi connectivity index (χ0v) is 15.0. The minimum atomic E-state index is -1.30. The highest BCUT2D eigenvalue weighted by molar-refractivity contribution is 9.10. The summed E-state index contributed by atoms with van der Waals surface area (Å²) in [5, 5.41) is 0. The van der Waals surface area contributed by atoms with Crippen LogP contribution in [0, 0.1) is 5.95 Å². The number of hydrogen-bond acceptors (Lipinski definition) is 2. The molecular formula is C16H18BrFN2OS. The van der Waals surface area contributed by atoms with E-state index in [1.54, 1.807) is 12.1 Å². The van der Waals surface area contributed by atoms with E-state index < -0.39 is 27.7 Å². The predicted molar refractivity (Wildman–Crippen MR) is 91.2 cm³/mol. The van der Waals surface area contributed by atoms with E-state index in [1.807, 2.05) is 51.1 Å². The first-order valence-corrected chi connectivity index (χ1v) is 8.78. The van der Waals surface area contributed by atoms with Gasteiger partial charge in [0.2, 0.25) is 5.95 Å². The fourth-order valence-corrected chi connectivity index (χ4v) is 2.87. The zero-order chi connectivity index (χ0) is 16.3. The molecule has 0 saturated carbocycles. The Morgan fingerprint density at radius 1 is 1.18 bits per heavy atom. The molecule has 0 spiro atoms. The monoisotopic (exact) mass is 384 g/mol. The number of benzene rings is 1. The van der Waals surface area contributed by atoms with Gasteiger partial charge in [-0.15, -0.1) is 0 Å². The maximum absolute atomic E-state index is 13.8. The Hall–Kier alpha value is -1.11. The molecule has 1 aromatic carbocycles. The van der Waals surface area contributed by atoms with Gasteiger partial charge < -0.3 is 0 Å². The summed E-state index contributed by atoms with van der Waals surface area (Å²) in [5.41, 5.74) is 1.37. The summed E-state index contributed by atoms with van der Waals surface area (Å²) in [7, 11) is -1.30. The highest BCUT2D eigenvalue weighted by Crippen LogP contribution is 2.25. The van der Waals surface area contributed by atoms with Gasteiger partial charge in [0.15, 0.2) is 0 Å². The number of aromatic nitrogens is 1. The molecule has 6 heteroatoms. The Balaban J connectivity index is 2.42. The molecule has 0 unspecified atom stereocenters. The number of nitrogens with one attached hydrogen (secondary N) is 1. The Morgan fingerprint density at radius 2 is 1.82 bits per heavy atom. The lowest BCUT2D eigenvalue weighted by Crippen LogP contribution is -2.36. The number of nitrogens with zero attached hydrogens (tertiary/aromatic N) is 1. The number of pyridine rings is 1. The van der Waals surface area contributed by atoms with Crippen LogP contribution in [0.2, 0.25) is 0 Å². The molecule has 3 nitrogen and oxygen atoms in total. The van der Waals surface area contributed by atoms with Gasteiger partial charge in [-0.1, -0.05) is 30.3 Å². The second-order valence-electron chi connectivity index (χ2n) is 5.85. The summed E-state index contributed by atoms with van der Waals surface area (Å²) in [5.74, 6) is -0.582. The quantitative estimate of drug-likeness (QED) is 0.805. The molecule has 118 valence electrons. The van der Waals surface area contributed by atoms with Gasteiger partial charge >= 0.3 is 0 Å². The van der Waals surface area contributed by atoms with Crippen molar-refractivity contribution >= 4 is 26.9 Å². The molecule has 1 aromatic heterocycles. The van der Waals surface area contributed by atoms with Crippen LogP contribution in [0.5, 0.6) is 0 Å². The number of hydrogen-bond donors (Lipinski definition) is 1. The van der Waals surface area contributed by atoms with E-state index in [9.17, 15) is 8.60 Å². The van der Waals surface area contributed by atoms with E-state index in [0.717, 1.165) is 5.56 Å². The lowest BCUT2D eigenvalue weighted by molar-refractivity contribution is 0.559. The molecule has 0 amide bonds. The molecule has 2 aromatic rings. The van der Waals surface area contributed by atoms with Crippen LogP contribution in [0.4, 0.5) is 4.39 Å². The Kier molecular flexibility index (Phi) is 5.47. The summed E-state index contributed by atoms with van der Waals surface area (Å²) >= 11 is 3.10. The highest BCUT2D eigenvalue weighted by atomic mass is 79.9. The summed E-state index contributed by atoms with van der Waals surface area (Å²) in [6, 6.07) is 12.4. The highest BCUT2D eigenvalue weighted by Gasteiger charge is 2.25. The van der Waals surface area contributed by atoms with Crippen molar-refractivity contribution in [3.63, 3.8) is 0 Å². The third-order valence-corrected chi connectivity index (χ3v) is 5.19. The first kappa shape index (κ1) is 17.2. The zero-order valence-electron chi connectivity index (χ0n) is 12.6. The Morgan fingerprint density at radius 3 is 2.36 bits per heavy atom. The van der Waals surface area contributed by atoms with E-state index in [0.29, 0.717) is 10.2 Å². The minimum absolute atomic E-state index is 0.306. The van der Waals surface area contributed by atoms with E-state index >= 15 is 0 Å². The predicted octanol–water partition coefficient (Wildman–Crippen LogP) is 4.12. The van der Waals surface area contributed by atoms with Gasteiger partial charge in [0.1, 0.15) is 0 Å². The first-order chi connectivity index (χ1) is 10.3. The van der Waals surface area contributed by atoms with Crippen LogP contribution in [0.25, 0.3) is 0 Å². The minimum Gasteiger partial charge on any atom is -0.242 e. The van der Waals surface area contributed by atoms with Crippen molar-refractivity contribution in [2.45, 2.75) is 31.6 Å². The second-order valence-corrected chi connectivity index (χ2v) is 8.70. The average molecular weight is 385 g/mol. The maximum atomic E-state index is 13.8. The third-order valence-electron chi connectivity index (χ3n) is 3.03. The van der Waals surface area contributed by atoms with Crippen molar-refractivity contribution < 1.29 is 8.60 Å². The molecule has 0 aliphatic carbocycles. The maximum Gasteiger partial charge on any atom is 0.227 e. The molecule has 2 rings (SSSR count). The van der Waals surface area contributed by atoms with Gasteiger partial charge in [-0.05, 0) is 54.4 Å². The van der Waals surface area contributed by atoms with Crippen LogP contribution in [0.3, 0.4) is 0 Å². The third kappa shape index (κ3) is 4.21. The van der Waals surface area contributed by atoms with Crippen molar-refractivity contribution in [2.24, 2.45) is 0 Å². The Labute approximate surface area is 141 Å².